The fraction of sp³-hybridized carbons (Fsp3) is 0.273. The van der Waals surface area contributed by atoms with E-state index in [9.17, 15) is 0 Å². The first kappa shape index (κ1) is 9.99. The number of nitrogens with zero attached hydrogens (tertiary/aromatic N) is 1. The molecule has 14 heavy (non-hydrogen) atoms. The van der Waals surface area contributed by atoms with E-state index in [1.165, 1.54) is 25.7 Å². The van der Waals surface area contributed by atoms with Crippen molar-refractivity contribution in [1.29, 1.82) is 0 Å². The molecule has 0 amide bonds. The molecular formula is C11H12BrNS. The number of halogens is 1. The molecule has 0 saturated carbocycles. The lowest BCUT2D eigenvalue weighted by atomic mass is 10.3. The van der Waals surface area contributed by atoms with Crippen LogP contribution in [0.25, 0.3) is 5.00 Å². The average Bonchev–Trinajstić information content (AvgIpc) is 2.57. The van der Waals surface area contributed by atoms with Crippen LogP contribution in [-0.4, -0.2) is 4.57 Å². The maximum absolute atomic E-state index is 3.52. The van der Waals surface area contributed by atoms with Gasteiger partial charge < -0.3 is 4.57 Å². The Morgan fingerprint density at radius 2 is 1.71 bits per heavy atom. The van der Waals surface area contributed by atoms with Crippen LogP contribution >= 0.6 is 27.3 Å². The van der Waals surface area contributed by atoms with Gasteiger partial charge in [-0.15, -0.1) is 11.3 Å². The molecule has 0 atom stereocenters. The van der Waals surface area contributed by atoms with Gasteiger partial charge in [-0.05, 0) is 60.5 Å². The lowest BCUT2D eigenvalue weighted by Gasteiger charge is -2.07. The monoisotopic (exact) mass is 269 g/mol. The van der Waals surface area contributed by atoms with Crippen molar-refractivity contribution >= 4 is 27.3 Å². The zero-order valence-corrected chi connectivity index (χ0v) is 10.9. The Labute approximate surface area is 96.5 Å². The van der Waals surface area contributed by atoms with Crippen molar-refractivity contribution in [3.8, 4) is 5.00 Å². The molecule has 0 aromatic carbocycles. The van der Waals surface area contributed by atoms with Crippen LogP contribution in [0.5, 0.6) is 0 Å². The van der Waals surface area contributed by atoms with Crippen molar-refractivity contribution < 1.29 is 0 Å². The molecule has 2 aromatic rings. The highest BCUT2D eigenvalue weighted by atomic mass is 79.9. The van der Waals surface area contributed by atoms with Gasteiger partial charge in [-0.3, -0.25) is 0 Å². The minimum Gasteiger partial charge on any atom is -0.310 e. The first-order chi connectivity index (χ1) is 6.59. The van der Waals surface area contributed by atoms with E-state index >= 15 is 0 Å². The van der Waals surface area contributed by atoms with Crippen LogP contribution in [0.15, 0.2) is 22.0 Å². The first-order valence-corrected chi connectivity index (χ1v) is 6.12. The molecule has 2 heterocycles. The molecule has 74 valence electrons. The second-order valence-electron chi connectivity index (χ2n) is 3.49. The second kappa shape index (κ2) is 3.55. The molecule has 0 radical (unpaired) electrons. The molecule has 2 rings (SSSR count). The minimum atomic E-state index is 1.19. The van der Waals surface area contributed by atoms with Crippen molar-refractivity contribution in [2.45, 2.75) is 20.8 Å². The summed E-state index contributed by atoms with van der Waals surface area (Å²) in [6, 6.07) is 6.48. The van der Waals surface area contributed by atoms with Gasteiger partial charge in [0.15, 0.2) is 0 Å². The van der Waals surface area contributed by atoms with Crippen molar-refractivity contribution in [1.82, 2.24) is 4.57 Å². The van der Waals surface area contributed by atoms with Crippen LogP contribution in [0, 0.1) is 20.8 Å². The van der Waals surface area contributed by atoms with E-state index in [0.29, 0.717) is 0 Å². The maximum Gasteiger partial charge on any atom is 0.103 e. The average molecular weight is 270 g/mol. The summed E-state index contributed by atoms with van der Waals surface area (Å²) in [7, 11) is 0. The standard InChI is InChI=1S/C11H12BrNS/c1-7-6-10(12)14-11(7)13-8(2)4-5-9(13)3/h4-6H,1-3H3. The molecule has 1 nitrogen and oxygen atoms in total. The van der Waals surface area contributed by atoms with Gasteiger partial charge in [-0.25, -0.2) is 0 Å². The van der Waals surface area contributed by atoms with Crippen molar-refractivity contribution in [3.63, 3.8) is 0 Å². The molecule has 0 unspecified atom stereocenters. The van der Waals surface area contributed by atoms with Crippen LogP contribution in [0.2, 0.25) is 0 Å². The third-order valence-corrected chi connectivity index (χ3v) is 4.06. The van der Waals surface area contributed by atoms with E-state index in [2.05, 4.69) is 59.5 Å². The summed E-state index contributed by atoms with van der Waals surface area (Å²) in [5.74, 6) is 0. The van der Waals surface area contributed by atoms with E-state index in [-0.39, 0.29) is 0 Å². The minimum absolute atomic E-state index is 1.19. The SMILES string of the molecule is Cc1cc(Br)sc1-n1c(C)ccc1C. The largest absolute Gasteiger partial charge is 0.310 e. The number of hydrogen-bond donors (Lipinski definition) is 0. The molecule has 0 saturated heterocycles. The van der Waals surface area contributed by atoms with Gasteiger partial charge in [0.1, 0.15) is 5.00 Å². The van der Waals surface area contributed by atoms with Gasteiger partial charge >= 0.3 is 0 Å². The van der Waals surface area contributed by atoms with Gasteiger partial charge in [0, 0.05) is 11.4 Å². The van der Waals surface area contributed by atoms with Crippen LogP contribution in [0.3, 0.4) is 0 Å². The van der Waals surface area contributed by atoms with Crippen molar-refractivity contribution in [3.05, 3.63) is 38.9 Å². The summed E-state index contributed by atoms with van der Waals surface area (Å²) >= 11 is 5.30. The molecule has 0 aliphatic rings. The summed E-state index contributed by atoms with van der Waals surface area (Å²) in [5, 5.41) is 1.32. The van der Waals surface area contributed by atoms with Gasteiger partial charge in [0.2, 0.25) is 0 Å². The number of aryl methyl sites for hydroxylation is 3. The first-order valence-electron chi connectivity index (χ1n) is 4.51. The Kier molecular flexibility index (Phi) is 2.54. The molecule has 3 heteroatoms. The highest BCUT2D eigenvalue weighted by Gasteiger charge is 2.09. The predicted octanol–water partition coefficient (Wildman–Crippen LogP) is 4.23. The molecule has 0 spiro atoms. The van der Waals surface area contributed by atoms with E-state index in [1.807, 2.05) is 0 Å². The van der Waals surface area contributed by atoms with E-state index in [4.69, 9.17) is 0 Å². The molecule has 2 aromatic heterocycles. The highest BCUT2D eigenvalue weighted by Crippen LogP contribution is 2.31. The normalized spacial score (nSPS) is 10.9. The topological polar surface area (TPSA) is 4.93 Å². The maximum atomic E-state index is 3.52. The summed E-state index contributed by atoms with van der Waals surface area (Å²) in [6.07, 6.45) is 0. The van der Waals surface area contributed by atoms with Gasteiger partial charge in [-0.1, -0.05) is 0 Å². The number of rotatable bonds is 1. The number of aromatic nitrogens is 1. The van der Waals surface area contributed by atoms with Gasteiger partial charge in [0.25, 0.3) is 0 Å². The highest BCUT2D eigenvalue weighted by molar-refractivity contribution is 9.11. The Balaban J connectivity index is 2.65. The Bertz CT molecular complexity index is 448. The van der Waals surface area contributed by atoms with E-state index < -0.39 is 0 Å². The summed E-state index contributed by atoms with van der Waals surface area (Å²) in [4.78, 5) is 0. The van der Waals surface area contributed by atoms with Crippen LogP contribution < -0.4 is 0 Å². The Morgan fingerprint density at radius 3 is 2.14 bits per heavy atom. The Morgan fingerprint density at radius 1 is 1.14 bits per heavy atom. The molecule has 0 fully saturated rings. The fourth-order valence-corrected chi connectivity index (χ4v) is 3.47. The van der Waals surface area contributed by atoms with Crippen molar-refractivity contribution in [2.24, 2.45) is 0 Å². The summed E-state index contributed by atoms with van der Waals surface area (Å²) in [6.45, 7) is 6.43. The van der Waals surface area contributed by atoms with Gasteiger partial charge in [0.05, 0.1) is 3.79 Å². The molecular weight excluding hydrogens is 258 g/mol. The zero-order valence-electron chi connectivity index (χ0n) is 8.47. The third kappa shape index (κ3) is 1.55. The lowest BCUT2D eigenvalue weighted by molar-refractivity contribution is 0.977. The quantitative estimate of drug-likeness (QED) is 0.731. The molecule has 0 bridgehead atoms. The lowest BCUT2D eigenvalue weighted by Crippen LogP contribution is -1.97. The summed E-state index contributed by atoms with van der Waals surface area (Å²) < 4.78 is 3.49. The van der Waals surface area contributed by atoms with E-state index in [0.717, 1.165) is 0 Å². The van der Waals surface area contributed by atoms with Crippen LogP contribution in [0.4, 0.5) is 0 Å². The molecule has 0 N–H and O–H groups in total. The van der Waals surface area contributed by atoms with Crippen LogP contribution in [-0.2, 0) is 0 Å². The summed E-state index contributed by atoms with van der Waals surface area (Å²) in [5.41, 5.74) is 3.91. The van der Waals surface area contributed by atoms with Gasteiger partial charge in [-0.2, -0.15) is 0 Å². The van der Waals surface area contributed by atoms with Crippen molar-refractivity contribution in [2.75, 3.05) is 0 Å². The van der Waals surface area contributed by atoms with Crippen LogP contribution in [0.1, 0.15) is 17.0 Å². The molecule has 0 aliphatic carbocycles. The van der Waals surface area contributed by atoms with E-state index in [1.54, 1.807) is 11.3 Å². The molecule has 0 aliphatic heterocycles. The Hall–Kier alpha value is -0.540. The smallest absolute Gasteiger partial charge is 0.103 e. The predicted molar refractivity (Wildman–Crippen MR) is 65.6 cm³/mol. The number of hydrogen-bond acceptors (Lipinski definition) is 1. The zero-order chi connectivity index (χ0) is 10.3. The third-order valence-electron chi connectivity index (χ3n) is 2.34. The fourth-order valence-electron chi connectivity index (χ4n) is 1.65. The number of thiophene rings is 1. The second-order valence-corrected chi connectivity index (χ2v) is 5.90.